The second-order valence-electron chi connectivity index (χ2n) is 7.69. The van der Waals surface area contributed by atoms with Gasteiger partial charge in [-0.3, -0.25) is 4.79 Å². The molecule has 1 aromatic heterocycles. The van der Waals surface area contributed by atoms with E-state index in [0.717, 1.165) is 61.7 Å². The molecule has 1 saturated heterocycles. The molecule has 160 valence electrons. The second-order valence-corrected chi connectivity index (χ2v) is 7.69. The average molecular weight is 413 g/mol. The van der Waals surface area contributed by atoms with E-state index in [4.69, 9.17) is 14.7 Å². The molecule has 1 fully saturated rings. The molecule has 1 amide bonds. The summed E-state index contributed by atoms with van der Waals surface area (Å²) in [7, 11) is 1.87. The van der Waals surface area contributed by atoms with Crippen LogP contribution >= 0.6 is 0 Å². The van der Waals surface area contributed by atoms with Crippen molar-refractivity contribution in [2.24, 2.45) is 0 Å². The lowest BCUT2D eigenvalue weighted by Crippen LogP contribution is -2.40. The molecule has 2 aliphatic heterocycles. The third kappa shape index (κ3) is 4.53. The van der Waals surface area contributed by atoms with Gasteiger partial charge in [0.05, 0.1) is 24.8 Å². The highest BCUT2D eigenvalue weighted by Gasteiger charge is 2.31. The van der Waals surface area contributed by atoms with Crippen molar-refractivity contribution in [3.63, 3.8) is 0 Å². The van der Waals surface area contributed by atoms with Crippen molar-refractivity contribution in [1.29, 1.82) is 0 Å². The van der Waals surface area contributed by atoms with Crippen molar-refractivity contribution < 1.29 is 13.9 Å². The van der Waals surface area contributed by atoms with Crippen molar-refractivity contribution in [1.82, 2.24) is 20.2 Å². The highest BCUT2D eigenvalue weighted by molar-refractivity contribution is 5.77. The summed E-state index contributed by atoms with van der Waals surface area (Å²) in [5.74, 6) is 1.66. The molecule has 3 heterocycles. The number of nitrogens with zero attached hydrogens (tertiary/aromatic N) is 3. The van der Waals surface area contributed by atoms with E-state index in [1.165, 1.54) is 12.1 Å². The zero-order valence-corrected chi connectivity index (χ0v) is 17.3. The van der Waals surface area contributed by atoms with E-state index >= 15 is 0 Å². The van der Waals surface area contributed by atoms with E-state index in [-0.39, 0.29) is 30.8 Å². The highest BCUT2D eigenvalue weighted by atomic mass is 19.1. The van der Waals surface area contributed by atoms with Gasteiger partial charge in [-0.15, -0.1) is 0 Å². The number of carbonyl (C=O) groups excluding carboxylic acids is 1. The van der Waals surface area contributed by atoms with Crippen LogP contribution in [-0.2, 0) is 17.8 Å². The molecular weight excluding hydrogens is 385 g/mol. The number of piperidine rings is 1. The second kappa shape index (κ2) is 9.38. The van der Waals surface area contributed by atoms with Crippen molar-refractivity contribution in [3.8, 4) is 5.75 Å². The highest BCUT2D eigenvalue weighted by Crippen LogP contribution is 2.32. The predicted octanol–water partition coefficient (Wildman–Crippen LogP) is 2.83. The minimum atomic E-state index is -0.352. The first-order valence-electron chi connectivity index (χ1n) is 10.6. The summed E-state index contributed by atoms with van der Waals surface area (Å²) in [6.07, 6.45) is 3.98. The quantitative estimate of drug-likeness (QED) is 0.758. The van der Waals surface area contributed by atoms with Gasteiger partial charge in [0.25, 0.3) is 0 Å². The zero-order valence-electron chi connectivity index (χ0n) is 17.3. The monoisotopic (exact) mass is 413 g/mol. The van der Waals surface area contributed by atoms with Gasteiger partial charge in [-0.2, -0.15) is 0 Å². The van der Waals surface area contributed by atoms with E-state index < -0.39 is 0 Å². The number of hydrogen-bond donors (Lipinski definition) is 2. The number of rotatable bonds is 6. The molecule has 0 radical (unpaired) electrons. The number of likely N-dealkylation sites (tertiary alicyclic amines) is 1. The lowest BCUT2D eigenvalue weighted by atomic mass is 9.99. The van der Waals surface area contributed by atoms with E-state index in [2.05, 4.69) is 10.6 Å². The van der Waals surface area contributed by atoms with Crippen LogP contribution in [0.2, 0.25) is 0 Å². The first kappa shape index (κ1) is 20.5. The predicted molar refractivity (Wildman–Crippen MR) is 112 cm³/mol. The number of ether oxygens (including phenoxy) is 1. The molecule has 1 aromatic carbocycles. The molecule has 0 aliphatic carbocycles. The van der Waals surface area contributed by atoms with Gasteiger partial charge >= 0.3 is 0 Å². The van der Waals surface area contributed by atoms with Crippen LogP contribution in [0.15, 0.2) is 24.3 Å². The van der Waals surface area contributed by atoms with Crippen molar-refractivity contribution >= 4 is 11.7 Å². The lowest BCUT2D eigenvalue weighted by Gasteiger charge is -2.35. The number of nitrogens with one attached hydrogen (secondary N) is 2. The third-order valence-corrected chi connectivity index (χ3v) is 5.69. The van der Waals surface area contributed by atoms with E-state index in [9.17, 15) is 9.18 Å². The third-order valence-electron chi connectivity index (χ3n) is 5.69. The number of benzene rings is 1. The summed E-state index contributed by atoms with van der Waals surface area (Å²) >= 11 is 0. The average Bonchev–Trinajstić information content (AvgIpc) is 2.78. The molecule has 2 aromatic rings. The van der Waals surface area contributed by atoms with Crippen molar-refractivity contribution in [2.75, 3.05) is 32.1 Å². The fourth-order valence-electron chi connectivity index (χ4n) is 4.17. The Morgan fingerprint density at radius 3 is 3.10 bits per heavy atom. The molecule has 4 rings (SSSR count). The van der Waals surface area contributed by atoms with E-state index in [1.54, 1.807) is 12.1 Å². The lowest BCUT2D eigenvalue weighted by molar-refractivity contribution is -0.135. The number of fused-ring (bicyclic) bond motifs is 1. The van der Waals surface area contributed by atoms with Gasteiger partial charge < -0.3 is 20.3 Å². The normalized spacial score (nSPS) is 18.6. The number of anilines is 1. The largest absolute Gasteiger partial charge is 0.493 e. The summed E-state index contributed by atoms with van der Waals surface area (Å²) in [5.41, 5.74) is 2.18. The Bertz CT molecular complexity index is 890. The Kier molecular flexibility index (Phi) is 6.42. The first-order valence-corrected chi connectivity index (χ1v) is 10.6. The van der Waals surface area contributed by atoms with Crippen LogP contribution in [0.3, 0.4) is 0 Å². The summed E-state index contributed by atoms with van der Waals surface area (Å²) < 4.78 is 18.9. The molecule has 2 N–H and O–H groups in total. The maximum atomic E-state index is 13.3. The molecular formula is C22H28FN5O2. The van der Waals surface area contributed by atoms with Gasteiger partial charge in [-0.25, -0.2) is 14.4 Å². The summed E-state index contributed by atoms with van der Waals surface area (Å²) in [5, 5.41) is 6.55. The van der Waals surface area contributed by atoms with Crippen LogP contribution in [-0.4, -0.2) is 47.5 Å². The molecule has 1 unspecified atom stereocenters. The van der Waals surface area contributed by atoms with Crippen LogP contribution in [0, 0.1) is 5.82 Å². The molecule has 1 atom stereocenters. The molecule has 8 heteroatoms. The molecule has 7 nitrogen and oxygen atoms in total. The Hall–Kier alpha value is -2.74. The fourth-order valence-corrected chi connectivity index (χ4v) is 4.17. The van der Waals surface area contributed by atoms with Gasteiger partial charge in [-0.05, 0) is 31.4 Å². The van der Waals surface area contributed by atoms with Gasteiger partial charge in [-0.1, -0.05) is 6.07 Å². The fraction of sp³-hybridized carbons (Fsp3) is 0.500. The Balaban J connectivity index is 1.47. The van der Waals surface area contributed by atoms with Crippen molar-refractivity contribution in [3.05, 3.63) is 47.2 Å². The smallest absolute Gasteiger partial charge is 0.226 e. The van der Waals surface area contributed by atoms with Crippen LogP contribution in [0.4, 0.5) is 10.2 Å². The van der Waals surface area contributed by atoms with Gasteiger partial charge in [0, 0.05) is 44.7 Å². The minimum absolute atomic E-state index is 0.0186. The summed E-state index contributed by atoms with van der Waals surface area (Å²) in [4.78, 5) is 24.5. The van der Waals surface area contributed by atoms with Crippen molar-refractivity contribution in [2.45, 2.75) is 44.7 Å². The standard InChI is InChI=1S/C22H28FN5O2/c1-24-21-17-14-25-10-8-18(17)26-22(27-21)19-7-2-3-11-28(19)20(29)9-12-30-16-6-4-5-15(23)13-16/h4-6,13,19,25H,2-3,7-12,14H2,1H3,(H,24,26,27). The van der Waals surface area contributed by atoms with Crippen LogP contribution < -0.4 is 15.4 Å². The molecule has 0 spiro atoms. The number of amides is 1. The maximum Gasteiger partial charge on any atom is 0.226 e. The molecule has 0 bridgehead atoms. The minimum Gasteiger partial charge on any atom is -0.493 e. The van der Waals surface area contributed by atoms with E-state index in [0.29, 0.717) is 12.3 Å². The van der Waals surface area contributed by atoms with Crippen LogP contribution in [0.25, 0.3) is 0 Å². The maximum absolute atomic E-state index is 13.3. The van der Waals surface area contributed by atoms with Crippen LogP contribution in [0.5, 0.6) is 5.75 Å². The topological polar surface area (TPSA) is 79.4 Å². The SMILES string of the molecule is CNc1nc(C2CCCCN2C(=O)CCOc2cccc(F)c2)nc2c1CNCC2. The molecule has 30 heavy (non-hydrogen) atoms. The van der Waals surface area contributed by atoms with Crippen LogP contribution in [0.1, 0.15) is 48.8 Å². The first-order chi connectivity index (χ1) is 14.7. The van der Waals surface area contributed by atoms with E-state index in [1.807, 2.05) is 11.9 Å². The zero-order chi connectivity index (χ0) is 20.9. The number of aromatic nitrogens is 2. The molecule has 2 aliphatic rings. The van der Waals surface area contributed by atoms with Gasteiger partial charge in [0.2, 0.25) is 5.91 Å². The number of halogens is 1. The summed E-state index contributed by atoms with van der Waals surface area (Å²) in [6.45, 7) is 2.57. The van der Waals surface area contributed by atoms with Gasteiger partial charge in [0.15, 0.2) is 5.82 Å². The Morgan fingerprint density at radius 1 is 1.37 bits per heavy atom. The molecule has 0 saturated carbocycles. The number of carbonyl (C=O) groups is 1. The summed E-state index contributed by atoms with van der Waals surface area (Å²) in [6, 6.07) is 5.85. The Labute approximate surface area is 176 Å². The Morgan fingerprint density at radius 2 is 2.27 bits per heavy atom. The van der Waals surface area contributed by atoms with Gasteiger partial charge in [0.1, 0.15) is 17.4 Å². The number of hydrogen-bond acceptors (Lipinski definition) is 6.